The van der Waals surface area contributed by atoms with Crippen molar-refractivity contribution in [1.82, 2.24) is 24.6 Å². The van der Waals surface area contributed by atoms with Crippen LogP contribution in [0.2, 0.25) is 0 Å². The van der Waals surface area contributed by atoms with E-state index in [0.717, 1.165) is 38.4 Å². The maximum Gasteiger partial charge on any atom is 0.114 e. The highest BCUT2D eigenvalue weighted by molar-refractivity contribution is 5.10. The first-order valence-corrected chi connectivity index (χ1v) is 7.69. The Morgan fingerprint density at radius 1 is 1.38 bits per heavy atom. The number of aromatic nitrogens is 4. The van der Waals surface area contributed by atoms with Crippen LogP contribution in [0.4, 0.5) is 0 Å². The molecule has 6 nitrogen and oxygen atoms in total. The van der Waals surface area contributed by atoms with Crippen LogP contribution < -0.4 is 5.32 Å². The van der Waals surface area contributed by atoms with Crippen LogP contribution in [-0.4, -0.2) is 32.0 Å². The smallest absolute Gasteiger partial charge is 0.114 e. The van der Waals surface area contributed by atoms with Crippen LogP contribution in [0.1, 0.15) is 37.8 Å². The summed E-state index contributed by atoms with van der Waals surface area (Å²) in [6.07, 6.45) is 6.78. The van der Waals surface area contributed by atoms with Gasteiger partial charge in [0, 0.05) is 44.7 Å². The number of nitrogens with one attached hydrogen (secondary N) is 1. The lowest BCUT2D eigenvalue weighted by Crippen LogP contribution is -2.33. The molecule has 2 aromatic heterocycles. The molecule has 0 radical (unpaired) electrons. The minimum atomic E-state index is 0.0884. The second-order valence-corrected chi connectivity index (χ2v) is 5.31. The molecule has 0 bridgehead atoms. The summed E-state index contributed by atoms with van der Waals surface area (Å²) in [5.74, 6) is 0. The predicted octanol–water partition coefficient (Wildman–Crippen LogP) is 1.74. The number of nitrogens with zero attached hydrogens (tertiary/aromatic N) is 4. The maximum absolute atomic E-state index is 5.93. The molecule has 114 valence electrons. The van der Waals surface area contributed by atoms with E-state index in [2.05, 4.69) is 39.9 Å². The van der Waals surface area contributed by atoms with Crippen LogP contribution in [-0.2, 0) is 24.4 Å². The highest BCUT2D eigenvalue weighted by atomic mass is 16.5. The molecule has 0 aromatic carbocycles. The molecule has 0 unspecified atom stereocenters. The van der Waals surface area contributed by atoms with Crippen molar-refractivity contribution >= 4 is 0 Å². The zero-order valence-corrected chi connectivity index (χ0v) is 12.7. The summed E-state index contributed by atoms with van der Waals surface area (Å²) < 4.78 is 10.1. The SMILES string of the molecule is CCn1cncc1CN[C@H]1CCO[C@@H]1c1ccnn1CC. The van der Waals surface area contributed by atoms with Crippen LogP contribution >= 0.6 is 0 Å². The van der Waals surface area contributed by atoms with Crippen molar-refractivity contribution in [2.45, 2.75) is 52.0 Å². The summed E-state index contributed by atoms with van der Waals surface area (Å²) in [5.41, 5.74) is 2.38. The van der Waals surface area contributed by atoms with Crippen molar-refractivity contribution < 1.29 is 4.74 Å². The topological polar surface area (TPSA) is 56.9 Å². The second-order valence-electron chi connectivity index (χ2n) is 5.31. The van der Waals surface area contributed by atoms with Crippen molar-refractivity contribution in [2.24, 2.45) is 0 Å². The normalized spacial score (nSPS) is 22.0. The van der Waals surface area contributed by atoms with E-state index in [9.17, 15) is 0 Å². The van der Waals surface area contributed by atoms with E-state index in [1.54, 1.807) is 0 Å². The zero-order valence-electron chi connectivity index (χ0n) is 12.7. The summed E-state index contributed by atoms with van der Waals surface area (Å²) >= 11 is 0. The lowest BCUT2D eigenvalue weighted by atomic mass is 10.1. The van der Waals surface area contributed by atoms with Crippen LogP contribution in [0.15, 0.2) is 24.8 Å². The van der Waals surface area contributed by atoms with Crippen molar-refractivity contribution in [2.75, 3.05) is 6.61 Å². The Kier molecular flexibility index (Phi) is 4.36. The molecule has 0 amide bonds. The van der Waals surface area contributed by atoms with Crippen molar-refractivity contribution in [1.29, 1.82) is 0 Å². The highest BCUT2D eigenvalue weighted by Crippen LogP contribution is 2.29. The van der Waals surface area contributed by atoms with Gasteiger partial charge in [0.1, 0.15) is 6.10 Å². The Labute approximate surface area is 125 Å². The third kappa shape index (κ3) is 2.87. The summed E-state index contributed by atoms with van der Waals surface area (Å²) in [6.45, 7) is 7.67. The van der Waals surface area contributed by atoms with Gasteiger partial charge in [0.05, 0.1) is 17.7 Å². The van der Waals surface area contributed by atoms with Gasteiger partial charge in [-0.3, -0.25) is 4.68 Å². The largest absolute Gasteiger partial charge is 0.370 e. The molecule has 0 spiro atoms. The molecule has 1 aliphatic rings. The fraction of sp³-hybridized carbons (Fsp3) is 0.600. The number of rotatable bonds is 6. The molecular weight excluding hydrogens is 266 g/mol. The molecule has 1 N–H and O–H groups in total. The first kappa shape index (κ1) is 14.3. The molecule has 21 heavy (non-hydrogen) atoms. The average molecular weight is 289 g/mol. The van der Waals surface area contributed by atoms with E-state index >= 15 is 0 Å². The van der Waals surface area contributed by atoms with Crippen molar-refractivity contribution in [3.8, 4) is 0 Å². The lowest BCUT2D eigenvalue weighted by Gasteiger charge is -2.21. The van der Waals surface area contributed by atoms with Crippen molar-refractivity contribution in [3.63, 3.8) is 0 Å². The summed E-state index contributed by atoms with van der Waals surface area (Å²) in [6, 6.07) is 2.39. The minimum absolute atomic E-state index is 0.0884. The quantitative estimate of drug-likeness (QED) is 0.880. The minimum Gasteiger partial charge on any atom is -0.370 e. The van der Waals surface area contributed by atoms with Gasteiger partial charge in [0.2, 0.25) is 0 Å². The Balaban J connectivity index is 1.67. The number of imidazole rings is 1. The molecule has 3 rings (SSSR count). The lowest BCUT2D eigenvalue weighted by molar-refractivity contribution is 0.0910. The van der Waals surface area contributed by atoms with Crippen LogP contribution in [0.5, 0.6) is 0 Å². The maximum atomic E-state index is 5.93. The molecule has 0 aliphatic carbocycles. The van der Waals surface area contributed by atoms with Crippen LogP contribution in [0.3, 0.4) is 0 Å². The Morgan fingerprint density at radius 2 is 2.29 bits per heavy atom. The second kappa shape index (κ2) is 6.41. The Hall–Kier alpha value is -1.66. The molecule has 6 heteroatoms. The third-order valence-corrected chi connectivity index (χ3v) is 4.12. The third-order valence-electron chi connectivity index (χ3n) is 4.12. The van der Waals surface area contributed by atoms with E-state index in [1.807, 2.05) is 23.4 Å². The molecule has 1 saturated heterocycles. The summed E-state index contributed by atoms with van der Waals surface area (Å²) in [7, 11) is 0. The van der Waals surface area contributed by atoms with E-state index in [0.29, 0.717) is 6.04 Å². The van der Waals surface area contributed by atoms with Gasteiger partial charge < -0.3 is 14.6 Å². The molecule has 2 atom stereocenters. The summed E-state index contributed by atoms with van der Waals surface area (Å²) in [4.78, 5) is 4.21. The van der Waals surface area contributed by atoms with Gasteiger partial charge in [0.25, 0.3) is 0 Å². The van der Waals surface area contributed by atoms with Gasteiger partial charge in [-0.15, -0.1) is 0 Å². The van der Waals surface area contributed by atoms with Crippen molar-refractivity contribution in [3.05, 3.63) is 36.2 Å². The number of hydrogen-bond donors (Lipinski definition) is 1. The highest BCUT2D eigenvalue weighted by Gasteiger charge is 2.31. The van der Waals surface area contributed by atoms with Gasteiger partial charge in [0.15, 0.2) is 0 Å². The molecule has 1 aliphatic heterocycles. The monoisotopic (exact) mass is 289 g/mol. The van der Waals surface area contributed by atoms with E-state index in [1.165, 1.54) is 5.69 Å². The van der Waals surface area contributed by atoms with Gasteiger partial charge in [-0.2, -0.15) is 5.10 Å². The zero-order chi connectivity index (χ0) is 14.7. The first-order valence-electron chi connectivity index (χ1n) is 7.69. The van der Waals surface area contributed by atoms with Gasteiger partial charge in [-0.05, 0) is 26.3 Å². The van der Waals surface area contributed by atoms with Crippen LogP contribution in [0.25, 0.3) is 0 Å². The number of hydrogen-bond acceptors (Lipinski definition) is 4. The van der Waals surface area contributed by atoms with Gasteiger partial charge in [-0.25, -0.2) is 4.98 Å². The molecule has 3 heterocycles. The van der Waals surface area contributed by atoms with Gasteiger partial charge in [-0.1, -0.05) is 0 Å². The standard InChI is InChI=1S/C15H23N5O/c1-3-19-11-16-9-12(19)10-17-13-6-8-21-15(13)14-5-7-18-20(14)4-2/h5,7,9,11,13,15,17H,3-4,6,8,10H2,1-2H3/t13-,15-/m0/s1. The molecular formula is C15H23N5O. The molecule has 2 aromatic rings. The Morgan fingerprint density at radius 3 is 3.10 bits per heavy atom. The first-order chi connectivity index (χ1) is 10.3. The molecule has 0 saturated carbocycles. The van der Waals surface area contributed by atoms with E-state index in [-0.39, 0.29) is 6.10 Å². The van der Waals surface area contributed by atoms with Crippen LogP contribution in [0, 0.1) is 0 Å². The van der Waals surface area contributed by atoms with E-state index in [4.69, 9.17) is 4.74 Å². The number of aryl methyl sites for hydroxylation is 2. The van der Waals surface area contributed by atoms with Gasteiger partial charge >= 0.3 is 0 Å². The predicted molar refractivity (Wildman–Crippen MR) is 79.7 cm³/mol. The summed E-state index contributed by atoms with van der Waals surface area (Å²) in [5, 5.41) is 7.97. The fourth-order valence-corrected chi connectivity index (χ4v) is 2.95. The fourth-order valence-electron chi connectivity index (χ4n) is 2.95. The molecule has 1 fully saturated rings. The van der Waals surface area contributed by atoms with E-state index < -0.39 is 0 Å². The average Bonchev–Trinajstić information content (AvgIpc) is 3.23. The Bertz CT molecular complexity index is 576. The number of ether oxygens (including phenoxy) is 1.